The molecule has 0 atom stereocenters. The predicted molar refractivity (Wildman–Crippen MR) is 611 cm³/mol. The number of nitrogens with zero attached hydrogens (tertiary/aromatic N) is 9. The van der Waals surface area contributed by atoms with Gasteiger partial charge in [-0.2, -0.15) is 0 Å². The third-order valence-corrected chi connectivity index (χ3v) is 31.5. The van der Waals surface area contributed by atoms with Crippen LogP contribution in [0.2, 0.25) is 0 Å². The normalized spacial score (nSPS) is 12.3. The van der Waals surface area contributed by atoms with E-state index in [0.29, 0.717) is 0 Å². The van der Waals surface area contributed by atoms with Crippen LogP contribution in [0.5, 0.6) is 0 Å². The Balaban J connectivity index is 0.000000105. The Kier molecular flexibility index (Phi) is 16.7. The molecule has 9 nitrogen and oxygen atoms in total. The molecular weight excluding hydrogens is 1760 g/mol. The quantitative estimate of drug-likeness (QED) is 0.133. The molecule has 34 rings (SSSR count). The highest BCUT2D eigenvalue weighted by Crippen LogP contribution is 2.50. The van der Waals surface area contributed by atoms with Crippen molar-refractivity contribution in [3.8, 4) is 55.9 Å². The van der Waals surface area contributed by atoms with Gasteiger partial charge in [-0.25, -0.2) is 0 Å². The van der Waals surface area contributed by atoms with Gasteiger partial charge in [0.05, 0.1) is 88.3 Å². The standard InChI is InChI=1S/C66H41N3.C38H23N3.C32H19N3/c1-3-15-53-42(11-1)13-9-18-55(53)44-25-31-50(32-26-44)67(51-33-27-45(28-34-51)56-19-10-14-43-12-2-4-16-54(43)56)52-35-37-58-49(40-52)24-23-48-39-46(29-36-57(48)58)47-30-38-62-60(41-47)65-59-17-5-6-20-61(59)68-63-21-7-8-22-64(63)69(62)66(65)68;1-4-12-31-27(9-1)28-10-2-5-13-32(28)39(31)26-20-17-24(18-21-26)25-19-22-34-30(23-25)37-29-11-3-6-14-33(29)40-35-15-7-8-16-36(35)41(34)38(37)40;1-4-12-25-21(9-1)22-10-2-5-13-26(22)33(25)20-17-18-28-24(19-20)31-23-11-3-6-14-27(23)34-29-15-7-8-16-30(29)35(28)32(31)34/h1-41H;1-23H;1-19H. The van der Waals surface area contributed by atoms with E-state index in [-0.39, 0.29) is 0 Å². The summed E-state index contributed by atoms with van der Waals surface area (Å²) >= 11 is 0. The molecule has 0 radical (unpaired) electrons. The van der Waals surface area contributed by atoms with E-state index in [4.69, 9.17) is 0 Å². The van der Waals surface area contributed by atoms with Crippen LogP contribution in [-0.4, -0.2) is 35.5 Å². The summed E-state index contributed by atoms with van der Waals surface area (Å²) in [6.07, 6.45) is 0. The number of imidazole rings is 3. The zero-order valence-corrected chi connectivity index (χ0v) is 78.4. The molecule has 0 aliphatic rings. The molecule has 0 aliphatic heterocycles. The molecule has 0 N–H and O–H groups in total. The van der Waals surface area contributed by atoms with Crippen LogP contribution in [0.15, 0.2) is 504 Å². The SMILES string of the molecule is c1ccc2c(-c3ccc(N(c4ccc(-c5cccc6ccccc56)cc4)c4ccc5c(ccc6cc(-c7ccc8c(c7)c7c9ccccc9n9c%10ccccc%10n8c79)ccc65)c4)cc3)cccc2c1.c1ccc2c(c1)c1ccccc1n2-c1ccc(-c2ccc3c(c2)c2c4ccccc4n4c5ccccc5n3c24)cc1.c1ccc2c(c1)c1ccccc1n2-c1ccc2c(c1)c1c3ccccc3n3c4ccccc4n2c13. The Labute approximate surface area is 829 Å². The van der Waals surface area contributed by atoms with Crippen molar-refractivity contribution in [1.29, 1.82) is 0 Å². The van der Waals surface area contributed by atoms with Crippen LogP contribution in [0.1, 0.15) is 0 Å². The molecule has 11 heterocycles. The van der Waals surface area contributed by atoms with Gasteiger partial charge in [0.25, 0.3) is 0 Å². The Morgan fingerprint density at radius 1 is 0.131 bits per heavy atom. The maximum Gasteiger partial charge on any atom is 0.131 e. The monoisotopic (exact) mass is 1840 g/mol. The lowest BCUT2D eigenvalue weighted by Crippen LogP contribution is -2.09. The summed E-state index contributed by atoms with van der Waals surface area (Å²) in [7, 11) is 0. The molecule has 0 saturated carbocycles. The van der Waals surface area contributed by atoms with Crippen LogP contribution in [0.25, 0.3) is 274 Å². The molecule has 11 aromatic heterocycles. The van der Waals surface area contributed by atoms with E-state index in [1.54, 1.807) is 0 Å². The second-order valence-corrected chi connectivity index (χ2v) is 39.0. The topological polar surface area (TPSA) is 39.6 Å². The first kappa shape index (κ1) is 79.4. The van der Waals surface area contributed by atoms with Gasteiger partial charge in [-0.3, -0.25) is 26.4 Å². The average Bonchev–Trinajstić information content (AvgIpc) is 1.52. The zero-order valence-electron chi connectivity index (χ0n) is 78.4. The van der Waals surface area contributed by atoms with Gasteiger partial charge in [-0.15, -0.1) is 0 Å². The largest absolute Gasteiger partial charge is 0.310 e. The van der Waals surface area contributed by atoms with Gasteiger partial charge in [-0.05, 0) is 264 Å². The van der Waals surface area contributed by atoms with Gasteiger partial charge in [0, 0.05) is 98.5 Å². The molecule has 34 aromatic rings. The van der Waals surface area contributed by atoms with E-state index in [9.17, 15) is 0 Å². The average molecular weight is 1840 g/mol. The number of hydrogen-bond donors (Lipinski definition) is 0. The summed E-state index contributed by atoms with van der Waals surface area (Å²) < 4.78 is 19.4. The number of benzene rings is 23. The molecule has 0 unspecified atom stereocenters. The molecule has 9 heteroatoms. The number of rotatable bonds is 9. The summed E-state index contributed by atoms with van der Waals surface area (Å²) in [6, 6.07) is 184. The number of hydrogen-bond acceptors (Lipinski definition) is 1. The second kappa shape index (κ2) is 30.5. The van der Waals surface area contributed by atoms with Crippen LogP contribution >= 0.6 is 0 Å². The second-order valence-electron chi connectivity index (χ2n) is 39.0. The van der Waals surface area contributed by atoms with Crippen LogP contribution in [-0.2, 0) is 0 Å². The lowest BCUT2D eigenvalue weighted by Gasteiger charge is -2.26. The van der Waals surface area contributed by atoms with E-state index in [1.165, 1.54) is 274 Å². The summed E-state index contributed by atoms with van der Waals surface area (Å²) in [5.74, 6) is 0. The molecule has 0 fully saturated rings. The Morgan fingerprint density at radius 2 is 0.400 bits per heavy atom. The lowest BCUT2D eigenvalue weighted by molar-refractivity contribution is 1.18. The van der Waals surface area contributed by atoms with Crippen molar-refractivity contribution in [2.75, 3.05) is 4.90 Å². The number of anilines is 3. The molecule has 0 saturated heterocycles. The molecule has 145 heavy (non-hydrogen) atoms. The minimum Gasteiger partial charge on any atom is -0.310 e. The van der Waals surface area contributed by atoms with E-state index in [2.05, 4.69) is 544 Å². The van der Waals surface area contributed by atoms with Crippen molar-refractivity contribution in [2.45, 2.75) is 0 Å². The van der Waals surface area contributed by atoms with Crippen LogP contribution in [0.4, 0.5) is 17.1 Å². The van der Waals surface area contributed by atoms with Crippen LogP contribution in [0, 0.1) is 0 Å². The van der Waals surface area contributed by atoms with E-state index in [1.807, 2.05) is 0 Å². The van der Waals surface area contributed by atoms with Crippen molar-refractivity contribution in [3.05, 3.63) is 504 Å². The van der Waals surface area contributed by atoms with Gasteiger partial charge in [0.1, 0.15) is 16.9 Å². The maximum absolute atomic E-state index is 2.45. The highest BCUT2D eigenvalue weighted by Gasteiger charge is 2.29. The smallest absolute Gasteiger partial charge is 0.131 e. The first-order chi connectivity index (χ1) is 72.0. The summed E-state index contributed by atoms with van der Waals surface area (Å²) in [4.78, 5) is 2.39. The fourth-order valence-corrected chi connectivity index (χ4v) is 25.3. The van der Waals surface area contributed by atoms with Crippen LogP contribution < -0.4 is 4.90 Å². The highest BCUT2D eigenvalue weighted by molar-refractivity contribution is 6.28. The summed E-state index contributed by atoms with van der Waals surface area (Å²) in [5, 5.41) is 26.8. The number of para-hydroxylation sites is 13. The van der Waals surface area contributed by atoms with Gasteiger partial charge < -0.3 is 14.0 Å². The fourth-order valence-electron chi connectivity index (χ4n) is 25.3. The first-order valence-corrected chi connectivity index (χ1v) is 50.0. The molecule has 0 bridgehead atoms. The van der Waals surface area contributed by atoms with Crippen LogP contribution in [0.3, 0.4) is 0 Å². The first-order valence-electron chi connectivity index (χ1n) is 50.0. The van der Waals surface area contributed by atoms with Crippen molar-refractivity contribution < 1.29 is 0 Å². The molecule has 0 spiro atoms. The fraction of sp³-hybridized carbons (Fsp3) is 0. The van der Waals surface area contributed by atoms with Gasteiger partial charge in [0.15, 0.2) is 0 Å². The predicted octanol–water partition coefficient (Wildman–Crippen LogP) is 36.2. The van der Waals surface area contributed by atoms with Crippen molar-refractivity contribution in [2.24, 2.45) is 0 Å². The minimum atomic E-state index is 1.10. The van der Waals surface area contributed by atoms with Gasteiger partial charge in [-0.1, -0.05) is 328 Å². The molecule has 23 aromatic carbocycles. The Bertz CT molecular complexity index is 11100. The van der Waals surface area contributed by atoms with Crippen molar-refractivity contribution in [1.82, 2.24) is 35.5 Å². The van der Waals surface area contributed by atoms with Gasteiger partial charge >= 0.3 is 0 Å². The van der Waals surface area contributed by atoms with E-state index in [0.717, 1.165) is 17.1 Å². The van der Waals surface area contributed by atoms with E-state index >= 15 is 0 Å². The van der Waals surface area contributed by atoms with Crippen molar-refractivity contribution in [3.63, 3.8) is 0 Å². The third kappa shape index (κ3) is 11.4. The highest BCUT2D eigenvalue weighted by atomic mass is 15.2. The molecule has 672 valence electrons. The van der Waals surface area contributed by atoms with E-state index < -0.39 is 0 Å². The number of fused-ring (bicyclic) bond motifs is 38. The maximum atomic E-state index is 2.45. The summed E-state index contributed by atoms with van der Waals surface area (Å²) in [6.45, 7) is 0. The molecular formula is C136H83N9. The molecule has 0 aliphatic carbocycles. The lowest BCUT2D eigenvalue weighted by atomic mass is 9.96. The Morgan fingerprint density at radius 3 is 0.807 bits per heavy atom. The zero-order chi connectivity index (χ0) is 94.5. The van der Waals surface area contributed by atoms with Gasteiger partial charge in [0.2, 0.25) is 0 Å². The molecule has 0 amide bonds. The number of aromatic nitrogens is 8. The third-order valence-electron chi connectivity index (χ3n) is 31.5. The summed E-state index contributed by atoms with van der Waals surface area (Å²) in [5.41, 5.74) is 39.2. The van der Waals surface area contributed by atoms with Crippen molar-refractivity contribution >= 4 is 235 Å². The minimum absolute atomic E-state index is 1.10. The Hall–Kier alpha value is -19.5.